The molecule has 6 bridgehead atoms. The van der Waals surface area contributed by atoms with Gasteiger partial charge in [0.2, 0.25) is 0 Å². The third-order valence-electron chi connectivity index (χ3n) is 38.3. The van der Waals surface area contributed by atoms with Crippen molar-refractivity contribution in [3.63, 3.8) is 0 Å². The number of fused-ring (bicyclic) bond motifs is 14. The van der Waals surface area contributed by atoms with Crippen molar-refractivity contribution in [3.8, 4) is 0 Å². The molecule has 4 heterocycles. The molecule has 10 fully saturated rings. The van der Waals surface area contributed by atoms with Gasteiger partial charge < -0.3 is 104 Å². The van der Waals surface area contributed by atoms with Crippen molar-refractivity contribution >= 4 is 36.2 Å². The van der Waals surface area contributed by atoms with Crippen LogP contribution in [0.3, 0.4) is 0 Å². The van der Waals surface area contributed by atoms with Gasteiger partial charge in [-0.3, -0.25) is 9.59 Å². The average Bonchev–Trinajstić information content (AvgIpc) is 0.649. The number of alkyl carbamates (subject to hydrolysis) is 3. The highest BCUT2D eigenvalue weighted by molar-refractivity contribution is 5.78. The predicted octanol–water partition coefficient (Wildman–Crippen LogP) is 17.7. The maximum absolute atomic E-state index is 14.1. The van der Waals surface area contributed by atoms with E-state index >= 15 is 0 Å². The van der Waals surface area contributed by atoms with Gasteiger partial charge in [-0.15, -0.1) is 0 Å². The summed E-state index contributed by atoms with van der Waals surface area (Å²) in [5.41, 5.74) is -5.04. The first-order valence-electron chi connectivity index (χ1n) is 52.3. The van der Waals surface area contributed by atoms with Crippen molar-refractivity contribution in [3.05, 3.63) is 46.1 Å². The Hall–Kier alpha value is -5.30. The molecule has 0 aromatic rings. The third kappa shape index (κ3) is 19.3. The lowest BCUT2D eigenvalue weighted by Crippen LogP contribution is -2.77. The minimum absolute atomic E-state index is 0.00194. The van der Waals surface area contributed by atoms with Gasteiger partial charge in [0.25, 0.3) is 0 Å². The molecule has 37 atom stereocenters. The van der Waals surface area contributed by atoms with Gasteiger partial charge in [-0.05, 0) is 205 Å². The second kappa shape index (κ2) is 38.8. The van der Waals surface area contributed by atoms with E-state index in [2.05, 4.69) is 147 Å². The smallest absolute Gasteiger partial charge is 0.407 e. The van der Waals surface area contributed by atoms with Crippen molar-refractivity contribution in [2.24, 2.45) is 138 Å². The number of hydrogen-bond donors (Lipinski definition) is 10. The van der Waals surface area contributed by atoms with E-state index in [1.54, 1.807) is 40.7 Å². The zero-order valence-electron chi connectivity index (χ0n) is 91.7. The number of aliphatic hydroxyl groups excluding tert-OH is 4. The van der Waals surface area contributed by atoms with Gasteiger partial charge in [0.15, 0.2) is 12.4 Å². The standard InChI is InChI=1S/C39H63NO8.C37H63NO7.C35H59NO9/c1-15-29-46-28-17-27-37(13,19-44-27)31-24(7)39(43)18-26(22(5)30(36(39,11)12)23(6)32(47-29)38(28,31)14)45-33(41)21(4)25(16-20(2)3)40-34(42)48-35(8,9)10;1-19(2)15-25(38-32(41)45-33(8,9)10)21(4)31(40)44-26-17-37(42)24(7)29-35(13)18-43-27(35)16-20(3)36(29,14)30(39)23(6)28(22(26)5)34(37,11)12;1-17(2)13-21(36-30(41)45-31(6,7)8)26(38)29(40)44-22-15-35(42)20(5)27-33(11)16-43-24(33)14-23(37)34(27,12)28(39)19(4)25(18(22)3)32(35,9)10/h15,20-21,23-29,31-32,43H,1,16-19H2,2-14H3,(H,40,42);19-21,23-27,29-30,39,42H,15-18H2,1-14H3,(H,38,41);17,19-24,26-28,37-39,42H,13-16H2,1-12H3,(H,36,41)/t21-,23+,24+,25+,26+,27-,28+,29?,31-,32+,37-,38-,39-;20-,21+,23-,24-,25-,26-,27+,29+,30-,35+,36+,37+;19-,20-,21-,22-,23-,24+,26+,27+,28-,33+,34+,35+/m100/s1. The van der Waals surface area contributed by atoms with Crippen LogP contribution in [-0.4, -0.2) is 223 Å². The van der Waals surface area contributed by atoms with E-state index in [-0.39, 0.29) is 131 Å². The summed E-state index contributed by atoms with van der Waals surface area (Å²) in [6, 6.07) is -1.91. The lowest BCUT2D eigenvalue weighted by molar-refractivity contribution is -0.383. The predicted molar refractivity (Wildman–Crippen MR) is 528 cm³/mol. The van der Waals surface area contributed by atoms with Crippen LogP contribution in [0, 0.1) is 138 Å². The molecule has 10 N–H and O–H groups in total. The number of carbonyl (C=O) groups is 6. The molecule has 0 spiro atoms. The first kappa shape index (κ1) is 113. The summed E-state index contributed by atoms with van der Waals surface area (Å²) < 4.78 is 66.9. The molecule has 13 rings (SSSR count). The quantitative estimate of drug-likeness (QED) is 0.0326. The van der Waals surface area contributed by atoms with Crippen LogP contribution in [-0.2, 0) is 66.5 Å². The van der Waals surface area contributed by atoms with Gasteiger partial charge in [-0.2, -0.15) is 0 Å². The van der Waals surface area contributed by atoms with Crippen LogP contribution in [0.15, 0.2) is 46.1 Å². The summed E-state index contributed by atoms with van der Waals surface area (Å²) >= 11 is 0. The van der Waals surface area contributed by atoms with Crippen molar-refractivity contribution < 1.29 is 117 Å². The topological polar surface area (TPSA) is 382 Å². The molecular formula is C111H185N3O24. The summed E-state index contributed by atoms with van der Waals surface area (Å²) in [5, 5.41) is 95.1. The van der Waals surface area contributed by atoms with Crippen LogP contribution < -0.4 is 16.0 Å². The fourth-order valence-electron chi connectivity index (χ4n) is 31.3. The Balaban J connectivity index is 0.000000199. The molecule has 0 aromatic heterocycles. The molecule has 3 amide bonds. The molecular weight excluding hydrogens is 1760 g/mol. The molecule has 0 aromatic carbocycles. The minimum atomic E-state index is -1.67. The molecule has 138 heavy (non-hydrogen) atoms. The second-order valence-electron chi connectivity index (χ2n) is 53.0. The Bertz CT molecular complexity index is 4410. The molecule has 788 valence electrons. The Morgan fingerprint density at radius 3 is 1.07 bits per heavy atom. The lowest BCUT2D eigenvalue weighted by Gasteiger charge is -2.72. The Morgan fingerprint density at radius 1 is 0.428 bits per heavy atom. The molecule has 0 radical (unpaired) electrons. The van der Waals surface area contributed by atoms with Crippen LogP contribution in [0.2, 0.25) is 0 Å². The van der Waals surface area contributed by atoms with Gasteiger partial charge in [0, 0.05) is 111 Å². The van der Waals surface area contributed by atoms with Crippen LogP contribution >= 0.6 is 0 Å². The largest absolute Gasteiger partial charge is 0.457 e. The lowest BCUT2D eigenvalue weighted by atomic mass is 9.38. The van der Waals surface area contributed by atoms with Gasteiger partial charge in [-0.25, -0.2) is 19.2 Å². The summed E-state index contributed by atoms with van der Waals surface area (Å²) in [6.45, 7) is 83.8. The minimum Gasteiger partial charge on any atom is -0.457 e. The fraction of sp³-hybridized carbons (Fsp3) is 0.874. The molecule has 1 unspecified atom stereocenters. The Kier molecular flexibility index (Phi) is 31.8. The maximum atomic E-state index is 14.1. The molecule has 27 nitrogen and oxygen atoms in total. The number of amides is 3. The zero-order chi connectivity index (χ0) is 104. The molecule has 13 aliphatic rings. The number of ether oxygens (including phenoxy) is 11. The van der Waals surface area contributed by atoms with E-state index < -0.39 is 193 Å². The summed E-state index contributed by atoms with van der Waals surface area (Å²) in [5.74, 6) is -4.28. The van der Waals surface area contributed by atoms with Gasteiger partial charge in [0.05, 0.1) is 103 Å². The highest BCUT2D eigenvalue weighted by atomic mass is 16.7. The van der Waals surface area contributed by atoms with Crippen LogP contribution in [0.5, 0.6) is 0 Å². The number of esters is 3. The van der Waals surface area contributed by atoms with Gasteiger partial charge >= 0.3 is 36.2 Å². The highest BCUT2D eigenvalue weighted by Crippen LogP contribution is 2.74. The first-order chi connectivity index (χ1) is 62.9. The van der Waals surface area contributed by atoms with E-state index in [0.717, 1.165) is 40.7 Å². The molecule has 6 saturated carbocycles. The van der Waals surface area contributed by atoms with Crippen LogP contribution in [0.25, 0.3) is 0 Å². The first-order valence-corrected chi connectivity index (χ1v) is 52.3. The van der Waals surface area contributed by atoms with Crippen molar-refractivity contribution in [1.82, 2.24) is 16.0 Å². The SMILES string of the molecule is C=CC1O[C@H]2C[C@H]3OC[C@@]3(C)[C@H]3[C@H](C)[C@]4(O)C[C@H](OC(=O)[C@H](C)[C@H](CC(C)C)NC(=O)OC(C)(C)C)C(C)=C([C@H](C)[C@H](O1)[C@]23C)C4(C)C.CC1=C2[C@H](C)[C@H](O)[C@@]3(C)[C@H]([C@H](C)[C@](O)(C[C@@H]1OC(=O)[C@H](C)[C@H](CC(C)C)NC(=O)OC(C)(C)C)C2(C)C)[C@]1(C)CO[C@@H]1C[C@@H]3C.CC1=C2[C@H](C)[C@H](O)[C@@]3(C)[C@H]([C@H](C)[C@](O)(C[C@@H]1OC(=O)[C@H](O)[C@H](CC(C)C)NC(=O)OC(C)(C)C)C2(C)C)[C@]1(C)CO[C@@H]1C[C@@H]3O. The second-order valence-corrected chi connectivity index (χ2v) is 53.0. The third-order valence-corrected chi connectivity index (χ3v) is 38.3. The Morgan fingerprint density at radius 2 is 0.732 bits per heavy atom. The fourth-order valence-corrected chi connectivity index (χ4v) is 31.3. The number of nitrogens with one attached hydrogen (secondary N) is 3. The monoisotopic (exact) mass is 1940 g/mol. The van der Waals surface area contributed by atoms with E-state index in [9.17, 15) is 64.5 Å². The molecule has 4 saturated heterocycles. The number of hydrogen-bond acceptors (Lipinski definition) is 24. The summed E-state index contributed by atoms with van der Waals surface area (Å²) in [4.78, 5) is 79.7. The summed E-state index contributed by atoms with van der Waals surface area (Å²) in [6.07, 6.45) is -3.13. The van der Waals surface area contributed by atoms with E-state index in [4.69, 9.17) is 52.1 Å². The van der Waals surface area contributed by atoms with E-state index in [1.807, 2.05) is 111 Å². The molecule has 4 aliphatic heterocycles. The van der Waals surface area contributed by atoms with Gasteiger partial charge in [-0.1, -0.05) is 196 Å². The normalized spacial score (nSPS) is 42.5. The highest BCUT2D eigenvalue weighted by Gasteiger charge is 2.78. The maximum Gasteiger partial charge on any atom is 0.407 e. The van der Waals surface area contributed by atoms with Crippen LogP contribution in [0.4, 0.5) is 14.4 Å². The number of rotatable bonds is 19. The van der Waals surface area contributed by atoms with Crippen LogP contribution in [0.1, 0.15) is 328 Å². The summed E-state index contributed by atoms with van der Waals surface area (Å²) in [7, 11) is 0. The van der Waals surface area contributed by atoms with Crippen molar-refractivity contribution in [1.29, 1.82) is 0 Å². The Labute approximate surface area is 826 Å². The van der Waals surface area contributed by atoms with Gasteiger partial charge in [0.1, 0.15) is 35.1 Å². The van der Waals surface area contributed by atoms with Crippen molar-refractivity contribution in [2.45, 2.75) is 459 Å². The van der Waals surface area contributed by atoms with E-state index in [1.165, 1.54) is 0 Å². The molecule has 27 heteroatoms. The number of aliphatic hydroxyl groups is 7. The average molecular weight is 1950 g/mol. The zero-order valence-corrected chi connectivity index (χ0v) is 91.7. The van der Waals surface area contributed by atoms with Crippen molar-refractivity contribution in [2.75, 3.05) is 19.8 Å². The molecule has 9 aliphatic carbocycles. The van der Waals surface area contributed by atoms with E-state index in [0.29, 0.717) is 51.1 Å². The number of carbonyl (C=O) groups excluding carboxylic acids is 6.